The molecule has 0 radical (unpaired) electrons. The van der Waals surface area contributed by atoms with E-state index in [1.54, 1.807) is 6.07 Å². The molecule has 1 unspecified atom stereocenters. The maximum atomic E-state index is 13.0. The molecule has 0 spiro atoms. The molecule has 29 heavy (non-hydrogen) atoms. The number of aromatic nitrogens is 1. The van der Waals surface area contributed by atoms with Crippen LogP contribution in [0.3, 0.4) is 0 Å². The summed E-state index contributed by atoms with van der Waals surface area (Å²) in [4.78, 5) is 16.7. The first-order valence-electron chi connectivity index (χ1n) is 9.65. The van der Waals surface area contributed by atoms with Gasteiger partial charge in [-0.05, 0) is 54.3 Å². The molecule has 0 saturated heterocycles. The van der Waals surface area contributed by atoms with Crippen LogP contribution in [0.1, 0.15) is 31.4 Å². The van der Waals surface area contributed by atoms with Gasteiger partial charge in [0.15, 0.2) is 0 Å². The van der Waals surface area contributed by atoms with Crippen molar-refractivity contribution in [2.24, 2.45) is 0 Å². The Morgan fingerprint density at radius 1 is 1.14 bits per heavy atom. The summed E-state index contributed by atoms with van der Waals surface area (Å²) >= 11 is 0. The Kier molecular flexibility index (Phi) is 5.34. The average molecular weight is 410 g/mol. The number of hydrogen-bond donors (Lipinski definition) is 1. The summed E-state index contributed by atoms with van der Waals surface area (Å²) in [5.41, 5.74) is 0.977. The molecule has 0 aliphatic heterocycles. The zero-order chi connectivity index (χ0) is 20.4. The van der Waals surface area contributed by atoms with E-state index in [1.165, 1.54) is 22.8 Å². The molecule has 1 fully saturated rings. The van der Waals surface area contributed by atoms with E-state index in [-0.39, 0.29) is 29.4 Å². The quantitative estimate of drug-likeness (QED) is 0.650. The van der Waals surface area contributed by atoms with E-state index in [0.717, 1.165) is 29.2 Å². The van der Waals surface area contributed by atoms with Crippen LogP contribution in [0, 0.1) is 0 Å². The van der Waals surface area contributed by atoms with Crippen molar-refractivity contribution >= 4 is 26.7 Å². The van der Waals surface area contributed by atoms with E-state index >= 15 is 0 Å². The molecule has 2 aromatic carbocycles. The summed E-state index contributed by atoms with van der Waals surface area (Å²) in [6.07, 6.45) is 4.39. The Morgan fingerprint density at radius 3 is 2.59 bits per heavy atom. The van der Waals surface area contributed by atoms with Gasteiger partial charge >= 0.3 is 0 Å². The molecule has 3 aromatic rings. The van der Waals surface area contributed by atoms with E-state index in [2.05, 4.69) is 10.3 Å². The van der Waals surface area contributed by atoms with E-state index in [0.29, 0.717) is 0 Å². The first-order valence-corrected chi connectivity index (χ1v) is 11.1. The van der Waals surface area contributed by atoms with Crippen LogP contribution in [-0.4, -0.2) is 36.2 Å². The number of hydrogen-bond acceptors (Lipinski definition) is 4. The van der Waals surface area contributed by atoms with Crippen molar-refractivity contribution in [1.29, 1.82) is 0 Å². The maximum absolute atomic E-state index is 13.0. The second-order valence-corrected chi connectivity index (χ2v) is 9.26. The van der Waals surface area contributed by atoms with Crippen molar-refractivity contribution in [3.05, 3.63) is 72.6 Å². The van der Waals surface area contributed by atoms with Crippen LogP contribution in [0.4, 0.5) is 0 Å². The maximum Gasteiger partial charge on any atom is 0.245 e. The number of rotatable bonds is 7. The lowest BCUT2D eigenvalue weighted by molar-refractivity contribution is -0.122. The normalized spacial score (nSPS) is 15.4. The monoisotopic (exact) mass is 409 g/mol. The first kappa shape index (κ1) is 19.5. The largest absolute Gasteiger partial charge is 0.348 e. The summed E-state index contributed by atoms with van der Waals surface area (Å²) in [5.74, 6) is -0.315. The molecule has 6 nitrogen and oxygen atoms in total. The number of amides is 1. The van der Waals surface area contributed by atoms with Crippen molar-refractivity contribution in [3.8, 4) is 0 Å². The standard InChI is InChI=1S/C22H23N3O3S/c1-16(18-9-8-17-5-2-3-6-19(17)13-18)24-22(26)15-25(20-10-11-20)29(27,28)21-7-4-12-23-14-21/h2-9,12-14,16,20H,10-11,15H2,1H3,(H,24,26). The van der Waals surface area contributed by atoms with Gasteiger partial charge in [0.05, 0.1) is 12.6 Å². The van der Waals surface area contributed by atoms with Crippen LogP contribution in [-0.2, 0) is 14.8 Å². The third kappa shape index (κ3) is 4.31. The number of benzene rings is 2. The third-order valence-electron chi connectivity index (χ3n) is 5.15. The molecule has 1 aliphatic rings. The van der Waals surface area contributed by atoms with E-state index in [4.69, 9.17) is 0 Å². The van der Waals surface area contributed by atoms with Crippen LogP contribution in [0.2, 0.25) is 0 Å². The fourth-order valence-corrected chi connectivity index (χ4v) is 5.00. The number of sulfonamides is 1. The number of carbonyl (C=O) groups excluding carboxylic acids is 1. The number of nitrogens with one attached hydrogen (secondary N) is 1. The van der Waals surface area contributed by atoms with Crippen molar-refractivity contribution in [3.63, 3.8) is 0 Å². The molecule has 1 aromatic heterocycles. The lowest BCUT2D eigenvalue weighted by Crippen LogP contribution is -2.42. The lowest BCUT2D eigenvalue weighted by Gasteiger charge is -2.23. The second kappa shape index (κ2) is 7.93. The number of carbonyl (C=O) groups is 1. The average Bonchev–Trinajstić information content (AvgIpc) is 3.57. The Bertz CT molecular complexity index is 1130. The third-order valence-corrected chi connectivity index (χ3v) is 7.03. The predicted octanol–water partition coefficient (Wildman–Crippen LogP) is 3.27. The number of nitrogens with zero attached hydrogens (tertiary/aromatic N) is 2. The second-order valence-electron chi connectivity index (χ2n) is 7.37. The van der Waals surface area contributed by atoms with Crippen LogP contribution in [0.25, 0.3) is 10.8 Å². The van der Waals surface area contributed by atoms with Crippen molar-refractivity contribution < 1.29 is 13.2 Å². The number of fused-ring (bicyclic) bond motifs is 1. The Balaban J connectivity index is 1.48. The fraction of sp³-hybridized carbons (Fsp3) is 0.273. The highest BCUT2D eigenvalue weighted by atomic mass is 32.2. The summed E-state index contributed by atoms with van der Waals surface area (Å²) in [5, 5.41) is 5.17. The minimum absolute atomic E-state index is 0.113. The SMILES string of the molecule is CC(NC(=O)CN(C1CC1)S(=O)(=O)c1cccnc1)c1ccc2ccccc2c1. The molecule has 0 bridgehead atoms. The Morgan fingerprint density at radius 2 is 1.90 bits per heavy atom. The first-order chi connectivity index (χ1) is 13.9. The summed E-state index contributed by atoms with van der Waals surface area (Å²) in [6.45, 7) is 1.71. The molecule has 1 N–H and O–H groups in total. The topological polar surface area (TPSA) is 79.4 Å². The van der Waals surface area contributed by atoms with Gasteiger partial charge in [0.25, 0.3) is 0 Å². The predicted molar refractivity (Wildman–Crippen MR) is 112 cm³/mol. The zero-order valence-corrected chi connectivity index (χ0v) is 17.0. The van der Waals surface area contributed by atoms with Crippen LogP contribution in [0.15, 0.2) is 71.9 Å². The molecule has 1 saturated carbocycles. The van der Waals surface area contributed by atoms with E-state index in [9.17, 15) is 13.2 Å². The molecule has 1 amide bonds. The molecule has 7 heteroatoms. The minimum Gasteiger partial charge on any atom is -0.348 e. The van der Waals surface area contributed by atoms with Gasteiger partial charge in [-0.25, -0.2) is 8.42 Å². The lowest BCUT2D eigenvalue weighted by atomic mass is 10.0. The van der Waals surface area contributed by atoms with Crippen LogP contribution in [0.5, 0.6) is 0 Å². The zero-order valence-electron chi connectivity index (χ0n) is 16.2. The Labute approximate surface area is 170 Å². The molecular weight excluding hydrogens is 386 g/mol. The highest BCUT2D eigenvalue weighted by Crippen LogP contribution is 2.31. The van der Waals surface area contributed by atoms with Gasteiger partial charge in [0.2, 0.25) is 15.9 Å². The molecule has 4 rings (SSSR count). The van der Waals surface area contributed by atoms with E-state index in [1.807, 2.05) is 49.4 Å². The summed E-state index contributed by atoms with van der Waals surface area (Å²) < 4.78 is 27.2. The van der Waals surface area contributed by atoms with Gasteiger partial charge in [-0.15, -0.1) is 0 Å². The molecule has 1 heterocycles. The van der Waals surface area contributed by atoms with Gasteiger partial charge in [-0.1, -0.05) is 36.4 Å². The summed E-state index contributed by atoms with van der Waals surface area (Å²) in [6, 6.07) is 16.8. The van der Waals surface area contributed by atoms with E-state index < -0.39 is 10.0 Å². The minimum atomic E-state index is -3.75. The fourth-order valence-electron chi connectivity index (χ4n) is 3.40. The molecule has 150 valence electrons. The smallest absolute Gasteiger partial charge is 0.245 e. The van der Waals surface area contributed by atoms with Gasteiger partial charge in [-0.3, -0.25) is 9.78 Å². The Hall–Kier alpha value is -2.77. The van der Waals surface area contributed by atoms with Gasteiger partial charge in [0.1, 0.15) is 4.90 Å². The summed E-state index contributed by atoms with van der Waals surface area (Å²) in [7, 11) is -3.75. The molecular formula is C22H23N3O3S. The van der Waals surface area contributed by atoms with Gasteiger partial charge < -0.3 is 5.32 Å². The van der Waals surface area contributed by atoms with Crippen molar-refractivity contribution in [2.75, 3.05) is 6.54 Å². The highest BCUT2D eigenvalue weighted by Gasteiger charge is 2.39. The van der Waals surface area contributed by atoms with Crippen molar-refractivity contribution in [2.45, 2.75) is 36.7 Å². The van der Waals surface area contributed by atoms with Gasteiger partial charge in [-0.2, -0.15) is 4.31 Å². The number of pyridine rings is 1. The van der Waals surface area contributed by atoms with Crippen molar-refractivity contribution in [1.82, 2.24) is 14.6 Å². The molecule has 1 atom stereocenters. The van der Waals surface area contributed by atoms with Crippen LogP contribution < -0.4 is 5.32 Å². The molecule has 1 aliphatic carbocycles. The highest BCUT2D eigenvalue weighted by molar-refractivity contribution is 7.89. The van der Waals surface area contributed by atoms with Gasteiger partial charge in [0, 0.05) is 18.4 Å². The van der Waals surface area contributed by atoms with Crippen LogP contribution >= 0.6 is 0 Å².